The Bertz CT molecular complexity index is 1070. The summed E-state index contributed by atoms with van der Waals surface area (Å²) in [6.07, 6.45) is 58.2. The smallest absolute Gasteiger partial charge is 0.306 e. The zero-order chi connectivity index (χ0) is 50.5. The first-order chi connectivity index (χ1) is 33.7. The maximum Gasteiger partial charge on any atom is 0.306 e. The lowest BCUT2D eigenvalue weighted by Gasteiger charge is -2.18. The van der Waals surface area contributed by atoms with Crippen LogP contribution < -0.4 is 0 Å². The Hall–Kier alpha value is -1.59. The molecule has 69 heavy (non-hydrogen) atoms. The summed E-state index contributed by atoms with van der Waals surface area (Å²) in [6.45, 7) is 13.8. The van der Waals surface area contributed by atoms with Crippen LogP contribution in [0.5, 0.6) is 0 Å². The highest BCUT2D eigenvalue weighted by Gasteiger charge is 2.19. The maximum atomic E-state index is 12.9. The minimum atomic E-state index is -0.764. The van der Waals surface area contributed by atoms with Gasteiger partial charge in [-0.15, -0.1) is 0 Å². The van der Waals surface area contributed by atoms with Crippen molar-refractivity contribution in [2.24, 2.45) is 17.8 Å². The quantitative estimate of drug-likeness (QED) is 0.0343. The van der Waals surface area contributed by atoms with Crippen LogP contribution in [0.15, 0.2) is 0 Å². The van der Waals surface area contributed by atoms with Gasteiger partial charge in [-0.2, -0.15) is 0 Å². The number of hydrogen-bond acceptors (Lipinski definition) is 6. The van der Waals surface area contributed by atoms with E-state index in [0.29, 0.717) is 19.3 Å². The molecule has 0 bridgehead atoms. The Labute approximate surface area is 431 Å². The Morgan fingerprint density at radius 2 is 0.507 bits per heavy atom. The summed E-state index contributed by atoms with van der Waals surface area (Å²) < 4.78 is 16.9. The van der Waals surface area contributed by atoms with Gasteiger partial charge in [-0.1, -0.05) is 311 Å². The molecule has 6 nitrogen and oxygen atoms in total. The van der Waals surface area contributed by atoms with Crippen molar-refractivity contribution in [2.75, 3.05) is 13.2 Å². The van der Waals surface area contributed by atoms with E-state index >= 15 is 0 Å². The molecule has 0 amide bonds. The second kappa shape index (κ2) is 54.2. The molecular weight excluding hydrogens is 853 g/mol. The summed E-state index contributed by atoms with van der Waals surface area (Å²) in [5.41, 5.74) is 0. The van der Waals surface area contributed by atoms with Gasteiger partial charge in [0.15, 0.2) is 6.10 Å². The van der Waals surface area contributed by atoms with Crippen molar-refractivity contribution < 1.29 is 28.6 Å². The van der Waals surface area contributed by atoms with Gasteiger partial charge >= 0.3 is 17.9 Å². The van der Waals surface area contributed by atoms with Crippen LogP contribution >= 0.6 is 0 Å². The average molecular weight is 976 g/mol. The van der Waals surface area contributed by atoms with Crippen LogP contribution in [0.3, 0.4) is 0 Å². The normalized spacial score (nSPS) is 12.9. The second-order valence-corrected chi connectivity index (χ2v) is 22.7. The molecule has 0 aliphatic heterocycles. The third-order valence-corrected chi connectivity index (χ3v) is 15.1. The first-order valence-electron chi connectivity index (χ1n) is 31.2. The van der Waals surface area contributed by atoms with Crippen LogP contribution in [-0.2, 0) is 28.6 Å². The molecule has 2 unspecified atom stereocenters. The van der Waals surface area contributed by atoms with Crippen LogP contribution in [0, 0.1) is 17.8 Å². The van der Waals surface area contributed by atoms with E-state index in [1.807, 2.05) is 0 Å². The van der Waals surface area contributed by atoms with Gasteiger partial charge in [0.05, 0.1) is 0 Å². The molecule has 0 saturated heterocycles. The van der Waals surface area contributed by atoms with E-state index in [-0.39, 0.29) is 31.1 Å². The Morgan fingerprint density at radius 3 is 0.754 bits per heavy atom. The highest BCUT2D eigenvalue weighted by atomic mass is 16.6. The molecule has 0 rings (SSSR count). The van der Waals surface area contributed by atoms with Gasteiger partial charge in [0.2, 0.25) is 0 Å². The van der Waals surface area contributed by atoms with Crippen molar-refractivity contribution >= 4 is 17.9 Å². The van der Waals surface area contributed by atoms with Crippen LogP contribution in [0.1, 0.15) is 350 Å². The van der Waals surface area contributed by atoms with Gasteiger partial charge < -0.3 is 14.2 Å². The molecule has 0 heterocycles. The molecule has 0 saturated carbocycles. The fourth-order valence-corrected chi connectivity index (χ4v) is 9.64. The number of ether oxygens (including phenoxy) is 3. The lowest BCUT2D eigenvalue weighted by molar-refractivity contribution is -0.167. The third kappa shape index (κ3) is 54.0. The first kappa shape index (κ1) is 67.4. The molecule has 0 radical (unpaired) electrons. The molecule has 3 atom stereocenters. The lowest BCUT2D eigenvalue weighted by atomic mass is 9.99. The number of carbonyl (C=O) groups excluding carboxylic acids is 3. The highest BCUT2D eigenvalue weighted by Crippen LogP contribution is 2.20. The van der Waals surface area contributed by atoms with Gasteiger partial charge in [-0.25, -0.2) is 0 Å². The zero-order valence-electron chi connectivity index (χ0n) is 47.6. The van der Waals surface area contributed by atoms with Crippen molar-refractivity contribution in [3.8, 4) is 0 Å². The van der Waals surface area contributed by atoms with Crippen molar-refractivity contribution in [2.45, 2.75) is 356 Å². The topological polar surface area (TPSA) is 78.9 Å². The van der Waals surface area contributed by atoms with Crippen molar-refractivity contribution in [3.63, 3.8) is 0 Å². The second-order valence-electron chi connectivity index (χ2n) is 22.7. The first-order valence-corrected chi connectivity index (χ1v) is 31.2. The molecule has 0 aromatic rings. The molecule has 0 aromatic carbocycles. The summed E-state index contributed by atoms with van der Waals surface area (Å²) in [4.78, 5) is 38.2. The van der Waals surface area contributed by atoms with Gasteiger partial charge in [-0.05, 0) is 37.0 Å². The summed E-state index contributed by atoms with van der Waals surface area (Å²) >= 11 is 0. The summed E-state index contributed by atoms with van der Waals surface area (Å²) in [7, 11) is 0. The monoisotopic (exact) mass is 975 g/mol. The van der Waals surface area contributed by atoms with Crippen LogP contribution in [0.2, 0.25) is 0 Å². The average Bonchev–Trinajstić information content (AvgIpc) is 3.34. The summed E-state index contributed by atoms with van der Waals surface area (Å²) in [6, 6.07) is 0. The number of unbranched alkanes of at least 4 members (excludes halogenated alkanes) is 37. The predicted octanol–water partition coefficient (Wildman–Crippen LogP) is 20.7. The van der Waals surface area contributed by atoms with Crippen molar-refractivity contribution in [1.29, 1.82) is 0 Å². The number of rotatable bonds is 56. The summed E-state index contributed by atoms with van der Waals surface area (Å²) in [5, 5.41) is 0. The van der Waals surface area contributed by atoms with Crippen molar-refractivity contribution in [1.82, 2.24) is 0 Å². The van der Waals surface area contributed by atoms with Gasteiger partial charge in [0.1, 0.15) is 13.2 Å². The lowest BCUT2D eigenvalue weighted by Crippen LogP contribution is -2.30. The van der Waals surface area contributed by atoms with E-state index < -0.39 is 6.10 Å². The minimum Gasteiger partial charge on any atom is -0.462 e. The molecular formula is C63H122O6. The van der Waals surface area contributed by atoms with E-state index in [4.69, 9.17) is 14.2 Å². The Morgan fingerprint density at radius 1 is 0.290 bits per heavy atom. The Balaban J connectivity index is 4.21. The third-order valence-electron chi connectivity index (χ3n) is 15.1. The fourth-order valence-electron chi connectivity index (χ4n) is 9.64. The van der Waals surface area contributed by atoms with Gasteiger partial charge in [-0.3, -0.25) is 14.4 Å². The van der Waals surface area contributed by atoms with E-state index in [1.54, 1.807) is 0 Å². The minimum absolute atomic E-state index is 0.0637. The van der Waals surface area contributed by atoms with Crippen molar-refractivity contribution in [3.05, 3.63) is 0 Å². The maximum absolute atomic E-state index is 12.9. The molecule has 0 aliphatic carbocycles. The number of esters is 3. The van der Waals surface area contributed by atoms with E-state index in [0.717, 1.165) is 75.5 Å². The molecule has 0 fully saturated rings. The van der Waals surface area contributed by atoms with E-state index in [1.165, 1.54) is 231 Å². The SMILES string of the molecule is CCC(C)CCCCCCCCCCCCCCCCCCCCC(=O)O[C@H](COC(=O)CCCCCCCCCCCCCCCCCCC(C)C)COC(=O)CCCCCCCCC(C)CC. The molecule has 6 heteroatoms. The van der Waals surface area contributed by atoms with E-state index in [2.05, 4.69) is 41.5 Å². The van der Waals surface area contributed by atoms with Gasteiger partial charge in [0.25, 0.3) is 0 Å². The number of hydrogen-bond donors (Lipinski definition) is 0. The molecule has 0 aromatic heterocycles. The molecule has 410 valence electrons. The largest absolute Gasteiger partial charge is 0.462 e. The van der Waals surface area contributed by atoms with Crippen LogP contribution in [-0.4, -0.2) is 37.2 Å². The number of carbonyl (C=O) groups is 3. The highest BCUT2D eigenvalue weighted by molar-refractivity contribution is 5.71. The molecule has 0 spiro atoms. The predicted molar refractivity (Wildman–Crippen MR) is 298 cm³/mol. The van der Waals surface area contributed by atoms with Gasteiger partial charge in [0, 0.05) is 19.3 Å². The molecule has 0 aliphatic rings. The fraction of sp³-hybridized carbons (Fsp3) is 0.952. The standard InChI is InChI=1S/C63H122O6/c1-7-58(5)50-44-38-32-28-24-20-16-11-9-10-12-18-22-26-30-34-42-48-54-63(66)69-60(56-68-62(65)53-47-41-36-35-39-45-51-59(6)8-2)55-67-61(64)52-46-40-33-29-25-21-17-14-13-15-19-23-27-31-37-43-49-57(3)4/h57-60H,7-56H2,1-6H3/t58?,59?,60-/m1/s1. The summed E-state index contributed by atoms with van der Waals surface area (Å²) in [5.74, 6) is 1.73. The zero-order valence-corrected chi connectivity index (χ0v) is 47.6. The van der Waals surface area contributed by atoms with Crippen LogP contribution in [0.4, 0.5) is 0 Å². The van der Waals surface area contributed by atoms with E-state index in [9.17, 15) is 14.4 Å². The van der Waals surface area contributed by atoms with Crippen LogP contribution in [0.25, 0.3) is 0 Å². The Kier molecular flexibility index (Phi) is 52.9. The molecule has 0 N–H and O–H groups in total.